The highest BCUT2D eigenvalue weighted by atomic mass is 15.2. The summed E-state index contributed by atoms with van der Waals surface area (Å²) in [6, 6.07) is 0.382. The topological polar surface area (TPSA) is 15.3 Å². The quantitative estimate of drug-likeness (QED) is 0.504. The van der Waals surface area contributed by atoms with Crippen molar-refractivity contribution in [3.63, 3.8) is 0 Å². The van der Waals surface area contributed by atoms with Crippen LogP contribution >= 0.6 is 0 Å². The van der Waals surface area contributed by atoms with Gasteiger partial charge in [-0.2, -0.15) is 0 Å². The molecule has 0 radical (unpaired) electrons. The van der Waals surface area contributed by atoms with E-state index in [1.54, 1.807) is 5.57 Å². The number of hydrogen-bond donors (Lipinski definition) is 1. The lowest BCUT2D eigenvalue weighted by atomic mass is 9.81. The smallest absolute Gasteiger partial charge is 0.0654 e. The number of allylic oxidation sites excluding steroid dienone is 9. The van der Waals surface area contributed by atoms with Crippen LogP contribution < -0.4 is 5.32 Å². The number of nitrogens with zero attached hydrogens (tertiary/aromatic N) is 1. The monoisotopic (exact) mass is 416 g/mol. The van der Waals surface area contributed by atoms with Gasteiger partial charge in [0.25, 0.3) is 0 Å². The summed E-state index contributed by atoms with van der Waals surface area (Å²) in [5, 5.41) is 3.82. The second-order valence-electron chi connectivity index (χ2n) is 11.2. The van der Waals surface area contributed by atoms with E-state index in [0.29, 0.717) is 11.5 Å². The van der Waals surface area contributed by atoms with E-state index >= 15 is 0 Å². The highest BCUT2D eigenvalue weighted by Crippen LogP contribution is 2.53. The highest BCUT2D eigenvalue weighted by Gasteiger charge is 2.40. The molecular formula is C29H40N2. The van der Waals surface area contributed by atoms with Crippen LogP contribution in [0.5, 0.6) is 0 Å². The Morgan fingerprint density at radius 2 is 2.03 bits per heavy atom. The van der Waals surface area contributed by atoms with Gasteiger partial charge in [0, 0.05) is 12.7 Å². The first-order valence-electron chi connectivity index (χ1n) is 12.0. The van der Waals surface area contributed by atoms with Gasteiger partial charge in [-0.05, 0) is 78.2 Å². The first-order valence-corrected chi connectivity index (χ1v) is 12.0. The Morgan fingerprint density at radius 3 is 2.65 bits per heavy atom. The molecule has 2 aliphatic carbocycles. The van der Waals surface area contributed by atoms with Gasteiger partial charge in [0.15, 0.2) is 0 Å². The fraction of sp³-hybridized carbons (Fsp3) is 0.517. The van der Waals surface area contributed by atoms with Gasteiger partial charge in [-0.3, -0.25) is 0 Å². The van der Waals surface area contributed by atoms with Crippen molar-refractivity contribution in [2.45, 2.75) is 79.2 Å². The summed E-state index contributed by atoms with van der Waals surface area (Å²) in [6.45, 7) is 20.9. The molecule has 2 fully saturated rings. The normalized spacial score (nSPS) is 27.1. The van der Waals surface area contributed by atoms with Gasteiger partial charge >= 0.3 is 0 Å². The summed E-state index contributed by atoms with van der Waals surface area (Å²) in [7, 11) is 0. The van der Waals surface area contributed by atoms with Crippen molar-refractivity contribution in [1.29, 1.82) is 0 Å². The zero-order valence-electron chi connectivity index (χ0n) is 20.3. The van der Waals surface area contributed by atoms with Crippen molar-refractivity contribution in [3.05, 3.63) is 82.9 Å². The standard InChI is InChI=1S/C29H40N2/c1-8-29(14-15-29)13-12-22-10-9-11-23(17-22)27-25-16-21(4)24(20(2)3)19-31(25)26(18-30-27)28(5,6)7/h9-11,16,19,26,30H,2,4,8,12-15,17-18H2,1,3,5-7H3/b27-23-. The molecule has 1 N–H and O–H groups in total. The molecule has 0 amide bonds. The van der Waals surface area contributed by atoms with Crippen LogP contribution in [-0.2, 0) is 0 Å². The third-order valence-electron chi connectivity index (χ3n) is 7.78. The Kier molecular flexibility index (Phi) is 5.70. The Morgan fingerprint density at radius 1 is 1.29 bits per heavy atom. The fourth-order valence-corrected chi connectivity index (χ4v) is 5.23. The largest absolute Gasteiger partial charge is 0.381 e. The lowest BCUT2D eigenvalue weighted by Gasteiger charge is -2.48. The average Bonchev–Trinajstić information content (AvgIpc) is 3.51. The van der Waals surface area contributed by atoms with Crippen LogP contribution in [0.25, 0.3) is 0 Å². The van der Waals surface area contributed by atoms with Crippen molar-refractivity contribution >= 4 is 0 Å². The Hall–Kier alpha value is -2.22. The minimum absolute atomic E-state index is 0.157. The minimum atomic E-state index is 0.157. The van der Waals surface area contributed by atoms with Crippen LogP contribution in [0.15, 0.2) is 82.9 Å². The van der Waals surface area contributed by atoms with Crippen molar-refractivity contribution in [1.82, 2.24) is 10.2 Å². The molecule has 0 bridgehead atoms. The Balaban J connectivity index is 1.62. The van der Waals surface area contributed by atoms with Crippen LogP contribution in [0.4, 0.5) is 0 Å². The summed E-state index contributed by atoms with van der Waals surface area (Å²) < 4.78 is 0. The van der Waals surface area contributed by atoms with Crippen LogP contribution in [-0.4, -0.2) is 17.5 Å². The zero-order valence-corrected chi connectivity index (χ0v) is 20.3. The summed E-state index contributed by atoms with van der Waals surface area (Å²) in [5.41, 5.74) is 9.62. The maximum absolute atomic E-state index is 4.35. The second-order valence-corrected chi connectivity index (χ2v) is 11.2. The molecule has 1 atom stereocenters. The van der Waals surface area contributed by atoms with Crippen LogP contribution in [0, 0.1) is 10.8 Å². The number of hydrogen-bond acceptors (Lipinski definition) is 2. The summed E-state index contributed by atoms with van der Waals surface area (Å²) in [4.78, 5) is 2.49. The molecule has 4 rings (SSSR count). The highest BCUT2D eigenvalue weighted by molar-refractivity contribution is 5.58. The zero-order chi connectivity index (χ0) is 22.4. The van der Waals surface area contributed by atoms with Crippen LogP contribution in [0.1, 0.15) is 73.1 Å². The fourth-order valence-electron chi connectivity index (χ4n) is 5.23. The summed E-state index contributed by atoms with van der Waals surface area (Å²) in [6.07, 6.45) is 19.3. The van der Waals surface area contributed by atoms with Crippen LogP contribution in [0.3, 0.4) is 0 Å². The third-order valence-corrected chi connectivity index (χ3v) is 7.78. The molecule has 2 nitrogen and oxygen atoms in total. The molecule has 0 spiro atoms. The lowest BCUT2D eigenvalue weighted by molar-refractivity contribution is 0.160. The molecule has 166 valence electrons. The molecule has 2 aliphatic heterocycles. The minimum Gasteiger partial charge on any atom is -0.381 e. The third kappa shape index (κ3) is 4.40. The van der Waals surface area contributed by atoms with E-state index in [1.807, 2.05) is 0 Å². The lowest BCUT2D eigenvalue weighted by Crippen LogP contribution is -2.53. The van der Waals surface area contributed by atoms with Gasteiger partial charge < -0.3 is 10.2 Å². The first kappa shape index (κ1) is 22.0. The van der Waals surface area contributed by atoms with Gasteiger partial charge in [-0.1, -0.05) is 71.1 Å². The van der Waals surface area contributed by atoms with E-state index in [0.717, 1.165) is 24.1 Å². The first-order chi connectivity index (χ1) is 14.6. The number of nitrogens with one attached hydrogen (secondary N) is 1. The maximum atomic E-state index is 4.35. The molecule has 1 saturated carbocycles. The van der Waals surface area contributed by atoms with Crippen molar-refractivity contribution in [3.8, 4) is 0 Å². The molecule has 0 aromatic rings. The molecule has 4 aliphatic rings. The molecule has 1 unspecified atom stereocenters. The van der Waals surface area contributed by atoms with E-state index in [-0.39, 0.29) is 5.41 Å². The predicted octanol–water partition coefficient (Wildman–Crippen LogP) is 7.33. The summed E-state index contributed by atoms with van der Waals surface area (Å²) in [5.74, 6) is 0. The van der Waals surface area contributed by atoms with Gasteiger partial charge in [-0.15, -0.1) is 0 Å². The van der Waals surface area contributed by atoms with E-state index in [4.69, 9.17) is 0 Å². The number of piperazine rings is 1. The molecule has 2 heteroatoms. The SMILES string of the molecule is C=C(C)C1=CN2C(=CC1=C)/C(=C1\C=CC=C(CCC3(CC)CC3)C1)NCC2C(C)(C)C. The molecule has 0 aromatic heterocycles. The second kappa shape index (κ2) is 8.04. The van der Waals surface area contributed by atoms with Gasteiger partial charge in [0.1, 0.15) is 0 Å². The van der Waals surface area contributed by atoms with Crippen molar-refractivity contribution in [2.75, 3.05) is 6.54 Å². The summed E-state index contributed by atoms with van der Waals surface area (Å²) >= 11 is 0. The van der Waals surface area contributed by atoms with Crippen LogP contribution in [0.2, 0.25) is 0 Å². The molecule has 31 heavy (non-hydrogen) atoms. The molecule has 2 heterocycles. The number of fused-ring (bicyclic) bond motifs is 1. The van der Waals surface area contributed by atoms with Crippen molar-refractivity contribution < 1.29 is 0 Å². The van der Waals surface area contributed by atoms with Gasteiger partial charge in [0.2, 0.25) is 0 Å². The molecular weight excluding hydrogens is 376 g/mol. The van der Waals surface area contributed by atoms with Crippen molar-refractivity contribution in [2.24, 2.45) is 10.8 Å². The Labute approximate surface area is 189 Å². The molecule has 0 aromatic carbocycles. The van der Waals surface area contributed by atoms with E-state index in [2.05, 4.69) is 88.5 Å². The van der Waals surface area contributed by atoms with E-state index < -0.39 is 0 Å². The molecule has 1 saturated heterocycles. The predicted molar refractivity (Wildman–Crippen MR) is 133 cm³/mol. The number of rotatable bonds is 5. The Bertz CT molecular complexity index is 938. The van der Waals surface area contributed by atoms with Gasteiger partial charge in [0.05, 0.1) is 17.4 Å². The maximum Gasteiger partial charge on any atom is 0.0654 e. The van der Waals surface area contributed by atoms with Gasteiger partial charge in [-0.25, -0.2) is 0 Å². The van der Waals surface area contributed by atoms with E-state index in [9.17, 15) is 0 Å². The van der Waals surface area contributed by atoms with E-state index in [1.165, 1.54) is 54.6 Å². The average molecular weight is 417 g/mol.